The lowest BCUT2D eigenvalue weighted by atomic mass is 9.75. The van der Waals surface area contributed by atoms with E-state index in [2.05, 4.69) is 34.3 Å². The van der Waals surface area contributed by atoms with Gasteiger partial charge >= 0.3 is 0 Å². The first-order valence-corrected chi connectivity index (χ1v) is 6.53. The minimum atomic E-state index is 0.220. The van der Waals surface area contributed by atoms with E-state index in [1.165, 1.54) is 19.3 Å². The van der Waals surface area contributed by atoms with Crippen molar-refractivity contribution in [3.05, 3.63) is 11.0 Å². The highest BCUT2D eigenvalue weighted by Gasteiger charge is 2.38. The zero-order valence-electron chi connectivity index (χ0n) is 11.1. The van der Waals surface area contributed by atoms with Gasteiger partial charge in [0.25, 0.3) is 0 Å². The van der Waals surface area contributed by atoms with Crippen molar-refractivity contribution in [3.8, 4) is 0 Å². The highest BCUT2D eigenvalue weighted by atomic mass is 35.5. The van der Waals surface area contributed by atoms with E-state index in [9.17, 15) is 0 Å². The molecule has 1 aliphatic rings. The molecule has 1 aromatic heterocycles. The third kappa shape index (κ3) is 2.37. The smallest absolute Gasteiger partial charge is 0.224 e. The molecule has 0 amide bonds. The Morgan fingerprint density at radius 3 is 2.56 bits per heavy atom. The number of halogens is 1. The monoisotopic (exact) mass is 269 g/mol. The van der Waals surface area contributed by atoms with Gasteiger partial charge in [0.05, 0.1) is 11.4 Å². The van der Waals surface area contributed by atoms with Gasteiger partial charge in [-0.3, -0.25) is 0 Å². The zero-order valence-corrected chi connectivity index (χ0v) is 11.9. The summed E-state index contributed by atoms with van der Waals surface area (Å²) >= 11 is 5.85. The average molecular weight is 270 g/mol. The van der Waals surface area contributed by atoms with E-state index < -0.39 is 0 Å². The lowest BCUT2D eigenvalue weighted by molar-refractivity contribution is 0.0738. The van der Waals surface area contributed by atoms with Crippen molar-refractivity contribution in [1.82, 2.24) is 14.9 Å². The summed E-state index contributed by atoms with van der Waals surface area (Å²) in [5.41, 5.74) is 7.47. The second-order valence-electron chi connectivity index (χ2n) is 5.17. The van der Waals surface area contributed by atoms with E-state index in [0.29, 0.717) is 17.2 Å². The summed E-state index contributed by atoms with van der Waals surface area (Å²) in [4.78, 5) is 10.5. The third-order valence-electron chi connectivity index (χ3n) is 3.93. The van der Waals surface area contributed by atoms with Gasteiger partial charge in [-0.05, 0) is 51.9 Å². The summed E-state index contributed by atoms with van der Waals surface area (Å²) in [6, 6.07) is 0. The molecule has 0 atom stereocenters. The van der Waals surface area contributed by atoms with E-state index in [1.807, 2.05) is 6.92 Å². The molecule has 0 radical (unpaired) electrons. The summed E-state index contributed by atoms with van der Waals surface area (Å²) in [7, 11) is 4.23. The van der Waals surface area contributed by atoms with Crippen molar-refractivity contribution < 1.29 is 0 Å². The molecule has 5 nitrogen and oxygen atoms in total. The van der Waals surface area contributed by atoms with Gasteiger partial charge in [0.1, 0.15) is 0 Å². The van der Waals surface area contributed by atoms with Crippen molar-refractivity contribution in [2.24, 2.45) is 0 Å². The maximum Gasteiger partial charge on any atom is 0.224 e. The molecular weight excluding hydrogens is 250 g/mol. The van der Waals surface area contributed by atoms with Gasteiger partial charge in [-0.25, -0.2) is 4.98 Å². The van der Waals surface area contributed by atoms with E-state index in [-0.39, 0.29) is 10.8 Å². The molecule has 1 aromatic rings. The Bertz CT molecular complexity index is 442. The highest BCUT2D eigenvalue weighted by molar-refractivity contribution is 6.28. The van der Waals surface area contributed by atoms with Gasteiger partial charge in [0.15, 0.2) is 5.82 Å². The molecule has 1 saturated carbocycles. The molecule has 100 valence electrons. The second-order valence-corrected chi connectivity index (χ2v) is 5.50. The lowest BCUT2D eigenvalue weighted by Crippen LogP contribution is -2.54. The van der Waals surface area contributed by atoms with Crippen LogP contribution in [0.2, 0.25) is 5.28 Å². The largest absolute Gasteiger partial charge is 0.394 e. The standard InChI is InChI=1S/C12H20ClN5/c1-8-9(14)10(17-11(13)16-8)15-7-12(18(2)3)5-4-6-12/h4-7,14H2,1-3H3,(H,15,16,17). The van der Waals surface area contributed by atoms with Crippen LogP contribution in [0.3, 0.4) is 0 Å². The van der Waals surface area contributed by atoms with Gasteiger partial charge in [0, 0.05) is 12.1 Å². The number of nitrogens with zero attached hydrogens (tertiary/aromatic N) is 3. The molecule has 0 unspecified atom stereocenters. The number of nitrogens with two attached hydrogens (primary N) is 1. The number of aryl methyl sites for hydroxylation is 1. The van der Waals surface area contributed by atoms with Crippen LogP contribution in [0.1, 0.15) is 25.0 Å². The third-order valence-corrected chi connectivity index (χ3v) is 4.10. The maximum atomic E-state index is 5.96. The van der Waals surface area contributed by atoms with Crippen LogP contribution in [0.4, 0.5) is 11.5 Å². The topological polar surface area (TPSA) is 67.1 Å². The second kappa shape index (κ2) is 4.90. The van der Waals surface area contributed by atoms with Gasteiger partial charge in [0.2, 0.25) is 5.28 Å². The SMILES string of the molecule is Cc1nc(Cl)nc(NCC2(N(C)C)CCC2)c1N. The van der Waals surface area contributed by atoms with Crippen LogP contribution in [0, 0.1) is 6.92 Å². The van der Waals surface area contributed by atoms with Crippen LogP contribution in [-0.4, -0.2) is 41.0 Å². The number of aromatic nitrogens is 2. The Labute approximate surface area is 113 Å². The first-order chi connectivity index (χ1) is 8.44. The van der Waals surface area contributed by atoms with Gasteiger partial charge in [-0.15, -0.1) is 0 Å². The van der Waals surface area contributed by atoms with E-state index >= 15 is 0 Å². The Hall–Kier alpha value is -1.07. The predicted molar refractivity (Wildman–Crippen MR) is 75.0 cm³/mol. The van der Waals surface area contributed by atoms with Gasteiger partial charge in [-0.1, -0.05) is 0 Å². The van der Waals surface area contributed by atoms with Gasteiger partial charge < -0.3 is 16.0 Å². The number of likely N-dealkylation sites (N-methyl/N-ethyl adjacent to an activating group) is 1. The normalized spacial score (nSPS) is 17.6. The summed E-state index contributed by atoms with van der Waals surface area (Å²) in [6.45, 7) is 2.66. The molecule has 0 aliphatic heterocycles. The van der Waals surface area contributed by atoms with Crippen molar-refractivity contribution in [2.75, 3.05) is 31.7 Å². The lowest BCUT2D eigenvalue weighted by Gasteiger charge is -2.47. The van der Waals surface area contributed by atoms with Gasteiger partial charge in [-0.2, -0.15) is 4.98 Å². The fourth-order valence-electron chi connectivity index (χ4n) is 2.30. The molecule has 0 spiro atoms. The van der Waals surface area contributed by atoms with Crippen molar-refractivity contribution >= 4 is 23.1 Å². The first kappa shape index (κ1) is 13.4. The predicted octanol–water partition coefficient (Wildman–Crippen LogP) is 1.92. The molecule has 0 aromatic carbocycles. The minimum Gasteiger partial charge on any atom is -0.394 e. The van der Waals surface area contributed by atoms with Crippen LogP contribution in [0.25, 0.3) is 0 Å². The number of hydrogen-bond acceptors (Lipinski definition) is 5. The molecule has 0 saturated heterocycles. The molecule has 3 N–H and O–H groups in total. The van der Waals surface area contributed by atoms with Crippen LogP contribution < -0.4 is 11.1 Å². The zero-order chi connectivity index (χ0) is 13.3. The van der Waals surface area contributed by atoms with Crippen LogP contribution in [-0.2, 0) is 0 Å². The summed E-state index contributed by atoms with van der Waals surface area (Å²) in [6.07, 6.45) is 3.67. The fraction of sp³-hybridized carbons (Fsp3) is 0.667. The Balaban J connectivity index is 2.11. The van der Waals surface area contributed by atoms with E-state index in [0.717, 1.165) is 6.54 Å². The number of nitrogen functional groups attached to an aromatic ring is 1. The number of rotatable bonds is 4. The fourth-order valence-corrected chi connectivity index (χ4v) is 2.51. The average Bonchev–Trinajstić information content (AvgIpc) is 2.22. The molecule has 6 heteroatoms. The first-order valence-electron chi connectivity index (χ1n) is 6.15. The Kier molecular flexibility index (Phi) is 3.64. The quantitative estimate of drug-likeness (QED) is 0.818. The number of anilines is 2. The molecule has 1 aliphatic carbocycles. The van der Waals surface area contributed by atoms with E-state index in [1.54, 1.807) is 0 Å². The molecule has 18 heavy (non-hydrogen) atoms. The minimum absolute atomic E-state index is 0.220. The summed E-state index contributed by atoms with van der Waals surface area (Å²) in [5, 5.41) is 3.55. The molecule has 1 heterocycles. The maximum absolute atomic E-state index is 5.96. The summed E-state index contributed by atoms with van der Waals surface area (Å²) < 4.78 is 0. The molecule has 0 bridgehead atoms. The molecule has 1 fully saturated rings. The Morgan fingerprint density at radius 1 is 1.39 bits per heavy atom. The number of nitrogens with one attached hydrogen (secondary N) is 1. The van der Waals surface area contributed by atoms with E-state index in [4.69, 9.17) is 17.3 Å². The van der Waals surface area contributed by atoms with Crippen molar-refractivity contribution in [1.29, 1.82) is 0 Å². The van der Waals surface area contributed by atoms with Crippen molar-refractivity contribution in [2.45, 2.75) is 31.7 Å². The number of hydrogen-bond donors (Lipinski definition) is 2. The Morgan fingerprint density at radius 2 is 2.06 bits per heavy atom. The van der Waals surface area contributed by atoms with Crippen molar-refractivity contribution in [3.63, 3.8) is 0 Å². The molecule has 2 rings (SSSR count). The molecular formula is C12H20ClN5. The van der Waals surface area contributed by atoms with Crippen LogP contribution in [0.15, 0.2) is 0 Å². The highest BCUT2D eigenvalue weighted by Crippen LogP contribution is 2.36. The van der Waals surface area contributed by atoms with Crippen LogP contribution >= 0.6 is 11.6 Å². The van der Waals surface area contributed by atoms with Crippen LogP contribution in [0.5, 0.6) is 0 Å². The summed E-state index contributed by atoms with van der Waals surface area (Å²) in [5.74, 6) is 0.639.